The highest BCUT2D eigenvalue weighted by Crippen LogP contribution is 2.28. The van der Waals surface area contributed by atoms with Crippen molar-refractivity contribution in [3.63, 3.8) is 0 Å². The third-order valence-electron chi connectivity index (χ3n) is 0.994. The average molecular weight is 208 g/mol. The molecule has 64 valence electrons. The summed E-state index contributed by atoms with van der Waals surface area (Å²) in [4.78, 5) is 13.6. The highest BCUT2D eigenvalue weighted by Gasteiger charge is 2.09. The topological polar surface area (TPSA) is 59.4 Å². The Bertz CT molecular complexity index is 316. The van der Waals surface area contributed by atoms with Crippen LogP contribution < -0.4 is 4.74 Å². The van der Waals surface area contributed by atoms with Crippen LogP contribution in [0.15, 0.2) is 12.3 Å². The lowest BCUT2D eigenvalue weighted by Crippen LogP contribution is -2.04. The summed E-state index contributed by atoms with van der Waals surface area (Å²) in [6.07, 6.45) is -0.182. The molecule has 1 aromatic heterocycles. The maximum atomic E-state index is 10.1. The summed E-state index contributed by atoms with van der Waals surface area (Å²) >= 11 is 11.1. The molecule has 6 heteroatoms. The average Bonchev–Trinajstić information content (AvgIpc) is 1.98. The molecular weight excluding hydrogens is 205 g/mol. The molecule has 1 heterocycles. The number of rotatable bonds is 1. The second-order valence-corrected chi connectivity index (χ2v) is 2.57. The lowest BCUT2D eigenvalue weighted by atomic mass is 10.5. The Morgan fingerprint density at radius 2 is 2.25 bits per heavy atom. The molecule has 0 atom stereocenters. The van der Waals surface area contributed by atoms with E-state index in [0.717, 1.165) is 0 Å². The first kappa shape index (κ1) is 9.09. The molecule has 0 saturated heterocycles. The maximum absolute atomic E-state index is 10.1. The van der Waals surface area contributed by atoms with Crippen molar-refractivity contribution in [3.05, 3.63) is 22.3 Å². The van der Waals surface area contributed by atoms with Gasteiger partial charge in [0.05, 0.1) is 5.02 Å². The van der Waals surface area contributed by atoms with Crippen LogP contribution in [0.25, 0.3) is 0 Å². The first-order valence-corrected chi connectivity index (χ1v) is 3.57. The Labute approximate surface area is 77.7 Å². The predicted octanol–water partition coefficient (Wildman–Crippen LogP) is 2.45. The molecule has 0 spiro atoms. The normalized spacial score (nSPS) is 9.50. The van der Waals surface area contributed by atoms with Gasteiger partial charge in [-0.2, -0.15) is 0 Å². The van der Waals surface area contributed by atoms with Gasteiger partial charge in [0.25, 0.3) is 0 Å². The van der Waals surface area contributed by atoms with Crippen molar-refractivity contribution in [2.24, 2.45) is 0 Å². The lowest BCUT2D eigenvalue weighted by Gasteiger charge is -2.00. The van der Waals surface area contributed by atoms with Gasteiger partial charge in [0.15, 0.2) is 0 Å². The van der Waals surface area contributed by atoms with Crippen molar-refractivity contribution in [3.8, 4) is 5.88 Å². The smallest absolute Gasteiger partial charge is 0.449 e. The van der Waals surface area contributed by atoms with Gasteiger partial charge in [0, 0.05) is 6.20 Å². The Morgan fingerprint density at radius 1 is 1.58 bits per heavy atom. The van der Waals surface area contributed by atoms with Crippen molar-refractivity contribution < 1.29 is 14.6 Å². The Balaban J connectivity index is 3.00. The van der Waals surface area contributed by atoms with E-state index in [2.05, 4.69) is 9.72 Å². The summed E-state index contributed by atoms with van der Waals surface area (Å²) in [5, 5.41) is 8.40. The summed E-state index contributed by atoms with van der Waals surface area (Å²) in [6.45, 7) is 0. The molecule has 0 aliphatic heterocycles. The lowest BCUT2D eigenvalue weighted by molar-refractivity contribution is 0.142. The van der Waals surface area contributed by atoms with Crippen LogP contribution in [0.1, 0.15) is 0 Å². The van der Waals surface area contributed by atoms with Crippen molar-refractivity contribution in [1.82, 2.24) is 4.98 Å². The third-order valence-corrected chi connectivity index (χ3v) is 1.77. The van der Waals surface area contributed by atoms with Crippen LogP contribution in [0.2, 0.25) is 10.0 Å². The monoisotopic (exact) mass is 207 g/mol. The van der Waals surface area contributed by atoms with Crippen LogP contribution in [0.4, 0.5) is 4.79 Å². The van der Waals surface area contributed by atoms with Gasteiger partial charge in [-0.1, -0.05) is 23.2 Å². The van der Waals surface area contributed by atoms with E-state index >= 15 is 0 Å². The van der Waals surface area contributed by atoms with Crippen LogP contribution in [0.5, 0.6) is 5.88 Å². The van der Waals surface area contributed by atoms with E-state index in [1.54, 1.807) is 0 Å². The molecule has 1 N–H and O–H groups in total. The van der Waals surface area contributed by atoms with Crippen molar-refractivity contribution >= 4 is 29.4 Å². The van der Waals surface area contributed by atoms with Crippen molar-refractivity contribution in [1.29, 1.82) is 0 Å². The number of ether oxygens (including phenoxy) is 1. The van der Waals surface area contributed by atoms with Gasteiger partial charge in [-0.05, 0) is 6.07 Å². The van der Waals surface area contributed by atoms with E-state index in [1.165, 1.54) is 12.3 Å². The quantitative estimate of drug-likeness (QED) is 0.720. The maximum Gasteiger partial charge on any atom is 0.512 e. The summed E-state index contributed by atoms with van der Waals surface area (Å²) in [6, 6.07) is 1.43. The fourth-order valence-electron chi connectivity index (χ4n) is 0.556. The molecule has 0 amide bonds. The number of nitrogens with zero attached hydrogens (tertiary/aromatic N) is 1. The first-order valence-electron chi connectivity index (χ1n) is 2.82. The molecule has 0 aliphatic rings. The number of hydrogen-bond acceptors (Lipinski definition) is 3. The van der Waals surface area contributed by atoms with Crippen LogP contribution in [-0.2, 0) is 0 Å². The first-order chi connectivity index (χ1) is 5.61. The van der Waals surface area contributed by atoms with Crippen LogP contribution in [-0.4, -0.2) is 16.2 Å². The van der Waals surface area contributed by atoms with E-state index in [1.807, 2.05) is 0 Å². The molecule has 0 unspecified atom stereocenters. The summed E-state index contributed by atoms with van der Waals surface area (Å²) in [5.74, 6) is -0.211. The van der Waals surface area contributed by atoms with E-state index in [0.29, 0.717) is 0 Å². The Hall–Kier alpha value is -1.000. The zero-order valence-electron chi connectivity index (χ0n) is 5.62. The zero-order chi connectivity index (χ0) is 9.14. The Kier molecular flexibility index (Phi) is 2.73. The van der Waals surface area contributed by atoms with E-state index in [-0.39, 0.29) is 15.9 Å². The molecule has 0 aromatic carbocycles. The number of hydrogen-bond donors (Lipinski definition) is 1. The number of pyridine rings is 1. The number of halogens is 2. The second-order valence-electron chi connectivity index (χ2n) is 1.78. The van der Waals surface area contributed by atoms with Gasteiger partial charge < -0.3 is 9.84 Å². The van der Waals surface area contributed by atoms with Crippen LogP contribution in [0, 0.1) is 0 Å². The molecule has 0 radical (unpaired) electrons. The number of aromatic nitrogens is 1. The molecule has 1 rings (SSSR count). The molecule has 0 bridgehead atoms. The second kappa shape index (κ2) is 3.60. The van der Waals surface area contributed by atoms with Gasteiger partial charge in [0.2, 0.25) is 5.88 Å². The fourth-order valence-corrected chi connectivity index (χ4v) is 0.844. The van der Waals surface area contributed by atoms with Gasteiger partial charge in [-0.3, -0.25) is 0 Å². The molecule has 0 fully saturated rings. The largest absolute Gasteiger partial charge is 0.512 e. The molecular formula is C6H3Cl2NO3. The molecule has 0 aliphatic carbocycles. The van der Waals surface area contributed by atoms with Crippen molar-refractivity contribution in [2.75, 3.05) is 0 Å². The minimum absolute atomic E-state index is 0.0124. The molecule has 4 nitrogen and oxygen atoms in total. The van der Waals surface area contributed by atoms with Crippen LogP contribution >= 0.6 is 23.2 Å². The summed E-state index contributed by atoms with van der Waals surface area (Å²) < 4.78 is 4.21. The predicted molar refractivity (Wildman–Crippen MR) is 42.9 cm³/mol. The van der Waals surface area contributed by atoms with Gasteiger partial charge in [-0.15, -0.1) is 0 Å². The van der Waals surface area contributed by atoms with Gasteiger partial charge >= 0.3 is 6.16 Å². The molecule has 12 heavy (non-hydrogen) atoms. The standard InChI is InChI=1S/C6H3Cl2NO3/c7-3-1-2-9-5(4(3)8)12-6(10)11/h1-2H,(H,10,11). The SMILES string of the molecule is O=C(O)Oc1nccc(Cl)c1Cl. The summed E-state index contributed by atoms with van der Waals surface area (Å²) in [5.41, 5.74) is 0. The minimum atomic E-state index is -1.48. The molecule has 1 aromatic rings. The Morgan fingerprint density at radius 3 is 2.83 bits per heavy atom. The zero-order valence-corrected chi connectivity index (χ0v) is 7.13. The number of carbonyl (C=O) groups is 1. The summed E-state index contributed by atoms with van der Waals surface area (Å²) in [7, 11) is 0. The highest BCUT2D eigenvalue weighted by atomic mass is 35.5. The van der Waals surface area contributed by atoms with Gasteiger partial charge in [-0.25, -0.2) is 9.78 Å². The minimum Gasteiger partial charge on any atom is -0.449 e. The number of carboxylic acid groups (broad SMARTS) is 1. The van der Waals surface area contributed by atoms with Crippen molar-refractivity contribution in [2.45, 2.75) is 0 Å². The molecule has 0 saturated carbocycles. The van der Waals surface area contributed by atoms with Crippen LogP contribution in [0.3, 0.4) is 0 Å². The van der Waals surface area contributed by atoms with E-state index in [4.69, 9.17) is 28.3 Å². The fraction of sp³-hybridized carbons (Fsp3) is 0. The van der Waals surface area contributed by atoms with E-state index < -0.39 is 6.16 Å². The highest BCUT2D eigenvalue weighted by molar-refractivity contribution is 6.42. The third kappa shape index (κ3) is 1.99. The van der Waals surface area contributed by atoms with Gasteiger partial charge in [0.1, 0.15) is 5.02 Å². The van der Waals surface area contributed by atoms with E-state index in [9.17, 15) is 4.79 Å².